The van der Waals surface area contributed by atoms with Crippen LogP contribution in [0.2, 0.25) is 0 Å². The van der Waals surface area contributed by atoms with Crippen molar-refractivity contribution in [2.45, 2.75) is 6.42 Å². The third-order valence-corrected chi connectivity index (χ3v) is 2.67. The average Bonchev–Trinajstić information content (AvgIpc) is 2.41. The Morgan fingerprint density at radius 2 is 1.83 bits per heavy atom. The Balaban J connectivity index is 1.73. The van der Waals surface area contributed by atoms with Gasteiger partial charge in [-0.25, -0.2) is 0 Å². The quantitative estimate of drug-likeness (QED) is 0.826. The van der Waals surface area contributed by atoms with Crippen LogP contribution in [0.3, 0.4) is 0 Å². The van der Waals surface area contributed by atoms with E-state index in [1.165, 1.54) is 0 Å². The van der Waals surface area contributed by atoms with Gasteiger partial charge in [0.05, 0.1) is 0 Å². The van der Waals surface area contributed by atoms with Crippen LogP contribution in [0.15, 0.2) is 54.7 Å². The van der Waals surface area contributed by atoms with Crippen molar-refractivity contribution in [2.24, 2.45) is 0 Å². The maximum absolute atomic E-state index is 5.21. The second-order valence-corrected chi connectivity index (χ2v) is 4.23. The first-order chi connectivity index (χ1) is 8.84. The molecule has 2 aromatic rings. The van der Waals surface area contributed by atoms with Gasteiger partial charge in [0.25, 0.3) is 0 Å². The van der Waals surface area contributed by atoms with Gasteiger partial charge in [-0.05, 0) is 36.5 Å². The number of nitrogens with one attached hydrogen (secondary N) is 2. The van der Waals surface area contributed by atoms with Gasteiger partial charge in [-0.15, -0.1) is 0 Å². The molecule has 1 aromatic heterocycles. The number of thiocarbonyl (C=S) groups is 1. The number of nitrogens with zero attached hydrogens (tertiary/aromatic N) is 1. The molecule has 0 aliphatic carbocycles. The number of pyridine rings is 1. The summed E-state index contributed by atoms with van der Waals surface area (Å²) < 4.78 is 0. The topological polar surface area (TPSA) is 37.0 Å². The predicted molar refractivity (Wildman–Crippen MR) is 78.6 cm³/mol. The molecule has 0 atom stereocenters. The SMILES string of the molecule is S=C(NCCc1ccccn1)Nc1ccccc1. The van der Waals surface area contributed by atoms with Crippen molar-refractivity contribution >= 4 is 23.0 Å². The number of anilines is 1. The highest BCUT2D eigenvalue weighted by molar-refractivity contribution is 7.80. The van der Waals surface area contributed by atoms with Crippen molar-refractivity contribution < 1.29 is 0 Å². The Morgan fingerprint density at radius 1 is 1.06 bits per heavy atom. The largest absolute Gasteiger partial charge is 0.362 e. The molecule has 18 heavy (non-hydrogen) atoms. The fourth-order valence-corrected chi connectivity index (χ4v) is 1.77. The second kappa shape index (κ2) is 6.71. The summed E-state index contributed by atoms with van der Waals surface area (Å²) in [6.45, 7) is 0.773. The fraction of sp³-hybridized carbons (Fsp3) is 0.143. The van der Waals surface area contributed by atoms with E-state index in [9.17, 15) is 0 Å². The number of para-hydroxylation sites is 1. The Bertz CT molecular complexity index is 485. The van der Waals surface area contributed by atoms with Gasteiger partial charge in [-0.1, -0.05) is 24.3 Å². The third kappa shape index (κ3) is 4.14. The smallest absolute Gasteiger partial charge is 0.170 e. The molecule has 1 aromatic carbocycles. The van der Waals surface area contributed by atoms with Crippen molar-refractivity contribution in [3.05, 3.63) is 60.4 Å². The Morgan fingerprint density at radius 3 is 2.56 bits per heavy atom. The zero-order chi connectivity index (χ0) is 12.6. The van der Waals surface area contributed by atoms with Crippen molar-refractivity contribution in [3.63, 3.8) is 0 Å². The third-order valence-electron chi connectivity index (χ3n) is 2.42. The van der Waals surface area contributed by atoms with Crippen molar-refractivity contribution in [2.75, 3.05) is 11.9 Å². The molecule has 0 fully saturated rings. The van der Waals surface area contributed by atoms with Crippen LogP contribution >= 0.6 is 12.2 Å². The molecule has 0 radical (unpaired) electrons. The summed E-state index contributed by atoms with van der Waals surface area (Å²) in [5.41, 5.74) is 2.06. The van der Waals surface area contributed by atoms with E-state index in [1.54, 1.807) is 6.20 Å². The van der Waals surface area contributed by atoms with Gasteiger partial charge < -0.3 is 10.6 Å². The molecule has 2 rings (SSSR count). The van der Waals surface area contributed by atoms with Crippen LogP contribution < -0.4 is 10.6 Å². The minimum Gasteiger partial charge on any atom is -0.362 e. The van der Waals surface area contributed by atoms with Gasteiger partial charge in [-0.3, -0.25) is 4.98 Å². The summed E-state index contributed by atoms with van der Waals surface area (Å²) in [6.07, 6.45) is 2.66. The van der Waals surface area contributed by atoms with Crippen LogP contribution in [0.4, 0.5) is 5.69 Å². The lowest BCUT2D eigenvalue weighted by Crippen LogP contribution is -2.30. The zero-order valence-corrected chi connectivity index (χ0v) is 10.8. The van der Waals surface area contributed by atoms with Gasteiger partial charge >= 0.3 is 0 Å². The summed E-state index contributed by atoms with van der Waals surface area (Å²) in [7, 11) is 0. The highest BCUT2D eigenvalue weighted by Crippen LogP contribution is 2.04. The Kier molecular flexibility index (Phi) is 4.67. The van der Waals surface area contributed by atoms with Crippen molar-refractivity contribution in [3.8, 4) is 0 Å². The lowest BCUT2D eigenvalue weighted by molar-refractivity contribution is 0.847. The number of hydrogen-bond donors (Lipinski definition) is 2. The summed E-state index contributed by atoms with van der Waals surface area (Å²) >= 11 is 5.21. The van der Waals surface area contributed by atoms with Crippen LogP contribution in [0.5, 0.6) is 0 Å². The molecule has 0 bridgehead atoms. The first kappa shape index (κ1) is 12.5. The van der Waals surface area contributed by atoms with Crippen LogP contribution in [-0.4, -0.2) is 16.6 Å². The molecule has 3 nitrogen and oxygen atoms in total. The van der Waals surface area contributed by atoms with Crippen molar-refractivity contribution in [1.82, 2.24) is 10.3 Å². The highest BCUT2D eigenvalue weighted by atomic mass is 32.1. The summed E-state index contributed by atoms with van der Waals surface area (Å²) in [4.78, 5) is 4.26. The molecule has 2 N–H and O–H groups in total. The number of benzene rings is 1. The van der Waals surface area contributed by atoms with Crippen LogP contribution in [0.1, 0.15) is 5.69 Å². The molecule has 0 spiro atoms. The molecule has 0 amide bonds. The van der Waals surface area contributed by atoms with E-state index in [4.69, 9.17) is 12.2 Å². The second-order valence-electron chi connectivity index (χ2n) is 3.82. The normalized spacial score (nSPS) is 9.78. The predicted octanol–water partition coefficient (Wildman–Crippen LogP) is 2.61. The molecular formula is C14H15N3S. The first-order valence-electron chi connectivity index (χ1n) is 5.84. The minimum atomic E-state index is 0.636. The van der Waals surface area contributed by atoms with Gasteiger partial charge in [0.2, 0.25) is 0 Å². The lowest BCUT2D eigenvalue weighted by atomic mass is 10.3. The molecule has 0 saturated carbocycles. The molecular weight excluding hydrogens is 242 g/mol. The van der Waals surface area contributed by atoms with Gasteiger partial charge in [0.15, 0.2) is 5.11 Å². The van der Waals surface area contributed by atoms with E-state index in [0.29, 0.717) is 5.11 Å². The summed E-state index contributed by atoms with van der Waals surface area (Å²) in [6, 6.07) is 15.8. The molecule has 0 saturated heterocycles. The van der Waals surface area contributed by atoms with E-state index >= 15 is 0 Å². The van der Waals surface area contributed by atoms with E-state index in [-0.39, 0.29) is 0 Å². The van der Waals surface area contributed by atoms with Gasteiger partial charge in [0, 0.05) is 30.5 Å². The highest BCUT2D eigenvalue weighted by Gasteiger charge is 1.97. The standard InChI is InChI=1S/C14H15N3S/c18-14(17-13-7-2-1-3-8-13)16-11-9-12-6-4-5-10-15-12/h1-8,10H,9,11H2,(H2,16,17,18). The minimum absolute atomic E-state index is 0.636. The molecule has 4 heteroatoms. The molecule has 1 heterocycles. The van der Waals surface area contributed by atoms with Gasteiger partial charge in [0.1, 0.15) is 0 Å². The average molecular weight is 257 g/mol. The maximum atomic E-state index is 5.21. The molecule has 0 aliphatic rings. The summed E-state index contributed by atoms with van der Waals surface area (Å²) in [5.74, 6) is 0. The van der Waals surface area contributed by atoms with Gasteiger partial charge in [-0.2, -0.15) is 0 Å². The molecule has 0 unspecified atom stereocenters. The Labute approximate surface area is 112 Å². The molecule has 92 valence electrons. The zero-order valence-electron chi connectivity index (χ0n) is 9.97. The van der Waals surface area contributed by atoms with Crippen LogP contribution in [0.25, 0.3) is 0 Å². The number of aromatic nitrogens is 1. The number of hydrogen-bond acceptors (Lipinski definition) is 2. The summed E-state index contributed by atoms with van der Waals surface area (Å²) in [5, 5.41) is 6.92. The lowest BCUT2D eigenvalue weighted by Gasteiger charge is -2.09. The van der Waals surface area contributed by atoms with E-state index in [1.807, 2.05) is 48.5 Å². The number of rotatable bonds is 4. The van der Waals surface area contributed by atoms with E-state index < -0.39 is 0 Å². The Hall–Kier alpha value is -1.94. The monoisotopic (exact) mass is 257 g/mol. The molecule has 0 aliphatic heterocycles. The fourth-order valence-electron chi connectivity index (χ4n) is 1.55. The van der Waals surface area contributed by atoms with E-state index in [2.05, 4.69) is 15.6 Å². The first-order valence-corrected chi connectivity index (χ1v) is 6.25. The van der Waals surface area contributed by atoms with Crippen LogP contribution in [0, 0.1) is 0 Å². The van der Waals surface area contributed by atoms with Crippen LogP contribution in [-0.2, 0) is 6.42 Å². The van der Waals surface area contributed by atoms with Crippen molar-refractivity contribution in [1.29, 1.82) is 0 Å². The maximum Gasteiger partial charge on any atom is 0.170 e. The van der Waals surface area contributed by atoms with E-state index in [0.717, 1.165) is 24.3 Å².